The average molecular weight is 324 g/mol. The van der Waals surface area contributed by atoms with E-state index in [0.717, 1.165) is 25.3 Å². The minimum Gasteiger partial charge on any atom is -0.373 e. The molecule has 2 N–H and O–H groups in total. The van der Waals surface area contributed by atoms with Crippen molar-refractivity contribution in [2.75, 3.05) is 26.2 Å². The number of fused-ring (bicyclic) bond motifs is 1. The number of nitrogens with zero attached hydrogens (tertiary/aromatic N) is 1. The zero-order valence-corrected chi connectivity index (χ0v) is 13.3. The maximum atomic E-state index is 11.8. The number of morpholine rings is 1. The van der Waals surface area contributed by atoms with E-state index in [4.69, 9.17) is 16.3 Å². The zero-order valence-electron chi connectivity index (χ0n) is 12.6. The van der Waals surface area contributed by atoms with E-state index in [1.165, 1.54) is 12.8 Å². The monoisotopic (exact) mass is 323 g/mol. The fraction of sp³-hybridized carbons (Fsp3) is 0.562. The highest BCUT2D eigenvalue weighted by atomic mass is 35.5. The number of hydrogen-bond donors (Lipinski definition) is 2. The van der Waals surface area contributed by atoms with E-state index in [9.17, 15) is 4.79 Å². The molecule has 0 aliphatic carbocycles. The lowest BCUT2D eigenvalue weighted by atomic mass is 10.2. The second-order valence-corrected chi connectivity index (χ2v) is 6.38. The highest BCUT2D eigenvalue weighted by molar-refractivity contribution is 6.30. The van der Waals surface area contributed by atoms with Crippen LogP contribution in [-0.2, 0) is 11.3 Å². The molecule has 0 radical (unpaired) electrons. The molecule has 0 aromatic heterocycles. The first-order valence-electron chi connectivity index (χ1n) is 7.82. The van der Waals surface area contributed by atoms with Crippen molar-refractivity contribution in [2.45, 2.75) is 31.5 Å². The summed E-state index contributed by atoms with van der Waals surface area (Å²) in [6.45, 7) is 3.87. The third-order valence-electron chi connectivity index (χ3n) is 4.29. The van der Waals surface area contributed by atoms with Crippen LogP contribution in [0.3, 0.4) is 0 Å². The maximum absolute atomic E-state index is 11.8. The second kappa shape index (κ2) is 7.31. The third kappa shape index (κ3) is 4.12. The molecule has 0 saturated carbocycles. The quantitative estimate of drug-likeness (QED) is 0.891. The van der Waals surface area contributed by atoms with Gasteiger partial charge in [0.1, 0.15) is 0 Å². The first-order valence-corrected chi connectivity index (χ1v) is 8.20. The summed E-state index contributed by atoms with van der Waals surface area (Å²) in [5.74, 6) is 0. The van der Waals surface area contributed by atoms with E-state index < -0.39 is 0 Å². The fourth-order valence-electron chi connectivity index (χ4n) is 3.11. The third-order valence-corrected chi connectivity index (χ3v) is 4.53. The molecule has 2 amide bonds. The smallest absolute Gasteiger partial charge is 0.315 e. The van der Waals surface area contributed by atoms with Gasteiger partial charge in [-0.25, -0.2) is 4.79 Å². The van der Waals surface area contributed by atoms with Gasteiger partial charge in [-0.15, -0.1) is 0 Å². The van der Waals surface area contributed by atoms with Gasteiger partial charge >= 0.3 is 6.03 Å². The molecule has 2 aliphatic rings. The van der Waals surface area contributed by atoms with Gasteiger partial charge in [-0.1, -0.05) is 23.7 Å². The van der Waals surface area contributed by atoms with Crippen molar-refractivity contribution in [2.24, 2.45) is 0 Å². The Labute approximate surface area is 136 Å². The van der Waals surface area contributed by atoms with Gasteiger partial charge in [0, 0.05) is 30.7 Å². The van der Waals surface area contributed by atoms with Crippen molar-refractivity contribution in [1.29, 1.82) is 0 Å². The lowest BCUT2D eigenvalue weighted by molar-refractivity contribution is -0.0457. The topological polar surface area (TPSA) is 53.6 Å². The Kier molecular flexibility index (Phi) is 5.18. The van der Waals surface area contributed by atoms with Crippen LogP contribution in [-0.4, -0.2) is 49.3 Å². The minimum absolute atomic E-state index is 0.0891. The molecule has 2 saturated heterocycles. The molecule has 0 bridgehead atoms. The first-order chi connectivity index (χ1) is 10.7. The maximum Gasteiger partial charge on any atom is 0.315 e. The predicted molar refractivity (Wildman–Crippen MR) is 86.0 cm³/mol. The Morgan fingerprint density at radius 1 is 1.41 bits per heavy atom. The van der Waals surface area contributed by atoms with E-state index in [-0.39, 0.29) is 12.1 Å². The van der Waals surface area contributed by atoms with Gasteiger partial charge in [0.2, 0.25) is 0 Å². The van der Waals surface area contributed by atoms with E-state index in [1.807, 2.05) is 24.3 Å². The van der Waals surface area contributed by atoms with Crippen LogP contribution in [0.1, 0.15) is 18.4 Å². The van der Waals surface area contributed by atoms with Crippen molar-refractivity contribution < 1.29 is 9.53 Å². The van der Waals surface area contributed by atoms with Gasteiger partial charge in [-0.05, 0) is 37.1 Å². The molecule has 22 heavy (non-hydrogen) atoms. The Balaban J connectivity index is 1.37. The molecule has 2 fully saturated rings. The van der Waals surface area contributed by atoms with Crippen molar-refractivity contribution in [3.05, 3.63) is 34.9 Å². The molecular weight excluding hydrogens is 302 g/mol. The molecule has 1 aromatic carbocycles. The van der Waals surface area contributed by atoms with E-state index in [0.29, 0.717) is 24.2 Å². The van der Waals surface area contributed by atoms with Crippen LogP contribution in [0.5, 0.6) is 0 Å². The van der Waals surface area contributed by atoms with Crippen LogP contribution in [0.15, 0.2) is 24.3 Å². The summed E-state index contributed by atoms with van der Waals surface area (Å²) in [6.07, 6.45) is 2.58. The van der Waals surface area contributed by atoms with E-state index >= 15 is 0 Å². The van der Waals surface area contributed by atoms with Crippen LogP contribution in [0.2, 0.25) is 5.02 Å². The number of urea groups is 1. The highest BCUT2D eigenvalue weighted by Gasteiger charge is 2.32. The zero-order chi connectivity index (χ0) is 15.4. The van der Waals surface area contributed by atoms with Gasteiger partial charge in [0.25, 0.3) is 0 Å². The van der Waals surface area contributed by atoms with Gasteiger partial charge in [0.05, 0.1) is 12.7 Å². The molecule has 2 atom stereocenters. The second-order valence-electron chi connectivity index (χ2n) is 5.94. The fourth-order valence-corrected chi connectivity index (χ4v) is 3.32. The molecule has 0 unspecified atom stereocenters. The van der Waals surface area contributed by atoms with Crippen molar-refractivity contribution in [3.63, 3.8) is 0 Å². The summed E-state index contributed by atoms with van der Waals surface area (Å²) in [4.78, 5) is 14.3. The number of amides is 2. The molecule has 1 aromatic rings. The summed E-state index contributed by atoms with van der Waals surface area (Å²) in [5, 5.41) is 6.39. The Hall–Kier alpha value is -1.30. The molecular formula is C16H22ClN3O2. The summed E-state index contributed by atoms with van der Waals surface area (Å²) in [5.41, 5.74) is 0.983. The van der Waals surface area contributed by atoms with E-state index in [1.54, 1.807) is 0 Å². The summed E-state index contributed by atoms with van der Waals surface area (Å²) in [7, 11) is 0. The average Bonchev–Trinajstić information content (AvgIpc) is 2.98. The largest absolute Gasteiger partial charge is 0.373 e. The highest BCUT2D eigenvalue weighted by Crippen LogP contribution is 2.22. The number of rotatable bonds is 4. The summed E-state index contributed by atoms with van der Waals surface area (Å²) < 4.78 is 5.82. The molecule has 6 heteroatoms. The predicted octanol–water partition coefficient (Wildman–Crippen LogP) is 2.00. The Morgan fingerprint density at radius 2 is 2.32 bits per heavy atom. The number of benzene rings is 1. The normalized spacial score (nSPS) is 24.8. The Morgan fingerprint density at radius 3 is 3.18 bits per heavy atom. The number of nitrogens with one attached hydrogen (secondary N) is 2. The van der Waals surface area contributed by atoms with Gasteiger partial charge in [-0.3, -0.25) is 4.90 Å². The minimum atomic E-state index is -0.174. The van der Waals surface area contributed by atoms with Crippen LogP contribution in [0.4, 0.5) is 4.79 Å². The van der Waals surface area contributed by atoms with E-state index in [2.05, 4.69) is 15.5 Å². The van der Waals surface area contributed by atoms with Gasteiger partial charge < -0.3 is 15.4 Å². The van der Waals surface area contributed by atoms with Crippen molar-refractivity contribution in [3.8, 4) is 0 Å². The lowest BCUT2D eigenvalue weighted by Crippen LogP contribution is -2.51. The molecule has 2 aliphatic heterocycles. The lowest BCUT2D eigenvalue weighted by Gasteiger charge is -2.35. The molecule has 0 spiro atoms. The molecule has 120 valence electrons. The SMILES string of the molecule is O=C(NCc1cccc(Cl)c1)NC[C@H]1CN2CCC[C@H]2CO1. The first kappa shape index (κ1) is 15.6. The molecule has 5 nitrogen and oxygen atoms in total. The van der Waals surface area contributed by atoms with Crippen LogP contribution in [0.25, 0.3) is 0 Å². The van der Waals surface area contributed by atoms with Crippen molar-refractivity contribution in [1.82, 2.24) is 15.5 Å². The van der Waals surface area contributed by atoms with Crippen molar-refractivity contribution >= 4 is 17.6 Å². The number of ether oxygens (including phenoxy) is 1. The number of halogens is 1. The van der Waals surface area contributed by atoms with Gasteiger partial charge in [0.15, 0.2) is 0 Å². The number of carbonyl (C=O) groups excluding carboxylic acids is 1. The Bertz CT molecular complexity index is 526. The van der Waals surface area contributed by atoms with Crippen LogP contribution < -0.4 is 10.6 Å². The summed E-state index contributed by atoms with van der Waals surface area (Å²) in [6, 6.07) is 7.89. The summed E-state index contributed by atoms with van der Waals surface area (Å²) >= 11 is 5.92. The number of hydrogen-bond acceptors (Lipinski definition) is 3. The molecule has 2 heterocycles. The molecule has 3 rings (SSSR count). The number of carbonyl (C=O) groups is 1. The van der Waals surface area contributed by atoms with Gasteiger partial charge in [-0.2, -0.15) is 0 Å². The van der Waals surface area contributed by atoms with Crippen LogP contribution >= 0.6 is 11.6 Å². The van der Waals surface area contributed by atoms with Crippen LogP contribution in [0, 0.1) is 0 Å². The standard InChI is InChI=1S/C16H22ClN3O2/c17-13-4-1-3-12(7-13)8-18-16(21)19-9-15-10-20-6-2-5-14(20)11-22-15/h1,3-4,7,14-15H,2,5-6,8-11H2,(H2,18,19,21)/t14-,15-/m0/s1.